The van der Waals surface area contributed by atoms with E-state index in [2.05, 4.69) is 63.8 Å². The monoisotopic (exact) mass is 549 g/mol. The highest BCUT2D eigenvalue weighted by Crippen LogP contribution is 2.22. The highest BCUT2D eigenvalue weighted by atomic mass is 127. The van der Waals surface area contributed by atoms with Crippen molar-refractivity contribution >= 4 is 35.6 Å². The summed E-state index contributed by atoms with van der Waals surface area (Å²) >= 11 is 0. The Morgan fingerprint density at radius 3 is 2.75 bits per heavy atom. The van der Waals surface area contributed by atoms with Crippen molar-refractivity contribution in [2.24, 2.45) is 4.99 Å². The van der Waals surface area contributed by atoms with E-state index in [1.165, 1.54) is 11.1 Å². The molecule has 1 aliphatic heterocycles. The van der Waals surface area contributed by atoms with Gasteiger partial charge in [0.1, 0.15) is 6.54 Å². The van der Waals surface area contributed by atoms with E-state index in [0.717, 1.165) is 56.8 Å². The van der Waals surface area contributed by atoms with Crippen LogP contribution in [0.5, 0.6) is 0 Å². The lowest BCUT2D eigenvalue weighted by molar-refractivity contribution is 0.0170. The van der Waals surface area contributed by atoms with Gasteiger partial charge in [-0.1, -0.05) is 35.9 Å². The molecule has 172 valence electrons. The second kappa shape index (κ2) is 12.1. The highest BCUT2D eigenvalue weighted by molar-refractivity contribution is 14.0. The average Bonchev–Trinajstić information content (AvgIpc) is 3.21. The number of hydrogen-bond acceptors (Lipinski definition) is 5. The third-order valence-corrected chi connectivity index (χ3v) is 5.48. The van der Waals surface area contributed by atoms with Crippen molar-refractivity contribution in [3.8, 4) is 0 Å². The van der Waals surface area contributed by atoms with Gasteiger partial charge in [-0.05, 0) is 31.5 Å². The van der Waals surface area contributed by atoms with Gasteiger partial charge in [-0.15, -0.1) is 34.2 Å². The molecule has 2 aromatic heterocycles. The maximum Gasteiger partial charge on any atom is 0.191 e. The largest absolute Gasteiger partial charge is 0.379 e. The number of fused-ring (bicyclic) bond motifs is 1. The maximum absolute atomic E-state index is 5.58. The first-order chi connectivity index (χ1) is 15.2. The van der Waals surface area contributed by atoms with Gasteiger partial charge in [-0.25, -0.2) is 4.99 Å². The fraction of sp³-hybridized carbons (Fsp3) is 0.435. The molecule has 3 aromatic rings. The van der Waals surface area contributed by atoms with Crippen LogP contribution in [-0.2, 0) is 11.3 Å². The van der Waals surface area contributed by atoms with Crippen LogP contribution in [0.3, 0.4) is 0 Å². The van der Waals surface area contributed by atoms with Gasteiger partial charge in [0.2, 0.25) is 0 Å². The van der Waals surface area contributed by atoms with Crippen LogP contribution in [0.15, 0.2) is 53.7 Å². The fourth-order valence-corrected chi connectivity index (χ4v) is 3.91. The number of nitrogens with zero attached hydrogens (tertiary/aromatic N) is 5. The lowest BCUT2D eigenvalue weighted by Gasteiger charge is -2.35. The van der Waals surface area contributed by atoms with Crippen molar-refractivity contribution < 1.29 is 4.74 Å². The van der Waals surface area contributed by atoms with Crippen LogP contribution in [0.4, 0.5) is 0 Å². The molecule has 1 atom stereocenters. The number of aliphatic imine (C=N–C) groups is 1. The Kier molecular flexibility index (Phi) is 9.24. The molecule has 3 heterocycles. The van der Waals surface area contributed by atoms with E-state index in [1.807, 2.05) is 28.8 Å². The summed E-state index contributed by atoms with van der Waals surface area (Å²) in [6, 6.07) is 14.9. The van der Waals surface area contributed by atoms with Gasteiger partial charge in [0.25, 0.3) is 0 Å². The van der Waals surface area contributed by atoms with Crippen LogP contribution >= 0.6 is 24.0 Å². The Morgan fingerprint density at radius 1 is 1.12 bits per heavy atom. The number of benzene rings is 1. The van der Waals surface area contributed by atoms with Gasteiger partial charge in [0.05, 0.1) is 19.3 Å². The number of morpholine rings is 1. The SMILES string of the molecule is CCNC(=NCc1nnc2ccccn12)NCC(c1cccc(C)c1)N1CCOCC1.I. The van der Waals surface area contributed by atoms with E-state index in [0.29, 0.717) is 6.54 Å². The van der Waals surface area contributed by atoms with E-state index in [1.54, 1.807) is 0 Å². The van der Waals surface area contributed by atoms with E-state index in [4.69, 9.17) is 9.73 Å². The Hall–Kier alpha value is -2.24. The van der Waals surface area contributed by atoms with E-state index < -0.39 is 0 Å². The molecule has 0 aliphatic carbocycles. The molecule has 1 aromatic carbocycles. The number of pyridine rings is 1. The van der Waals surface area contributed by atoms with E-state index >= 15 is 0 Å². The zero-order valence-corrected chi connectivity index (χ0v) is 21.0. The molecule has 0 spiro atoms. The zero-order valence-electron chi connectivity index (χ0n) is 18.7. The summed E-state index contributed by atoms with van der Waals surface area (Å²) in [5.74, 6) is 1.59. The molecule has 1 saturated heterocycles. The van der Waals surface area contributed by atoms with Crippen LogP contribution in [0.25, 0.3) is 5.65 Å². The highest BCUT2D eigenvalue weighted by Gasteiger charge is 2.23. The van der Waals surface area contributed by atoms with Crippen molar-refractivity contribution in [2.45, 2.75) is 26.4 Å². The molecule has 4 rings (SSSR count). The number of rotatable bonds is 7. The van der Waals surface area contributed by atoms with Gasteiger partial charge in [0, 0.05) is 32.4 Å². The maximum atomic E-state index is 5.58. The molecule has 0 bridgehead atoms. The minimum absolute atomic E-state index is 0. The zero-order chi connectivity index (χ0) is 21.5. The third kappa shape index (κ3) is 6.17. The summed E-state index contributed by atoms with van der Waals surface area (Å²) in [6.07, 6.45) is 1.97. The molecule has 32 heavy (non-hydrogen) atoms. The standard InChI is InChI=1S/C23H31N7O.HI/c1-3-24-23(26-17-22-28-27-21-9-4-5-10-30(21)22)25-16-20(29-11-13-31-14-12-29)19-8-6-7-18(2)15-19;/h4-10,15,20H,3,11-14,16-17H2,1-2H3,(H2,24,25,26);1H. The Labute approximate surface area is 206 Å². The van der Waals surface area contributed by atoms with Gasteiger partial charge in [0.15, 0.2) is 17.4 Å². The Morgan fingerprint density at radius 2 is 1.97 bits per heavy atom. The van der Waals surface area contributed by atoms with Crippen molar-refractivity contribution in [3.05, 3.63) is 65.6 Å². The van der Waals surface area contributed by atoms with Crippen LogP contribution in [0.2, 0.25) is 0 Å². The number of ether oxygens (including phenoxy) is 1. The summed E-state index contributed by atoms with van der Waals surface area (Å²) in [4.78, 5) is 7.25. The van der Waals surface area contributed by atoms with Crippen LogP contribution in [0.1, 0.15) is 29.9 Å². The first-order valence-corrected chi connectivity index (χ1v) is 10.9. The molecular weight excluding hydrogens is 517 g/mol. The summed E-state index contributed by atoms with van der Waals surface area (Å²) in [5, 5.41) is 15.4. The second-order valence-corrected chi connectivity index (χ2v) is 7.70. The van der Waals surface area contributed by atoms with Gasteiger partial charge in [-0.3, -0.25) is 9.30 Å². The molecule has 0 amide bonds. The number of guanidine groups is 1. The van der Waals surface area contributed by atoms with Crippen LogP contribution in [0, 0.1) is 6.92 Å². The first-order valence-electron chi connectivity index (χ1n) is 10.9. The van der Waals surface area contributed by atoms with E-state index in [9.17, 15) is 0 Å². The van der Waals surface area contributed by atoms with Gasteiger partial charge < -0.3 is 15.4 Å². The van der Waals surface area contributed by atoms with E-state index in [-0.39, 0.29) is 30.0 Å². The summed E-state index contributed by atoms with van der Waals surface area (Å²) in [6.45, 7) is 9.62. The summed E-state index contributed by atoms with van der Waals surface area (Å²) in [7, 11) is 0. The normalized spacial score (nSPS) is 15.9. The smallest absolute Gasteiger partial charge is 0.191 e. The van der Waals surface area contributed by atoms with Crippen molar-refractivity contribution in [1.29, 1.82) is 0 Å². The molecule has 2 N–H and O–H groups in total. The predicted octanol–water partition coefficient (Wildman–Crippen LogP) is 2.78. The number of halogens is 1. The molecule has 0 saturated carbocycles. The number of aryl methyl sites for hydroxylation is 1. The molecule has 1 aliphatic rings. The summed E-state index contributed by atoms with van der Waals surface area (Å²) in [5.41, 5.74) is 3.42. The first kappa shape index (κ1) is 24.4. The molecule has 1 unspecified atom stereocenters. The summed E-state index contributed by atoms with van der Waals surface area (Å²) < 4.78 is 7.54. The quantitative estimate of drug-likeness (QED) is 0.268. The predicted molar refractivity (Wildman–Crippen MR) is 138 cm³/mol. The number of nitrogens with one attached hydrogen (secondary N) is 2. The average molecular weight is 549 g/mol. The third-order valence-electron chi connectivity index (χ3n) is 5.48. The fourth-order valence-electron chi connectivity index (χ4n) is 3.91. The second-order valence-electron chi connectivity index (χ2n) is 7.70. The van der Waals surface area contributed by atoms with Crippen molar-refractivity contribution in [1.82, 2.24) is 30.1 Å². The molecular formula is C23H32IN7O. The molecule has 8 nitrogen and oxygen atoms in total. The van der Waals surface area contributed by atoms with Gasteiger partial charge in [-0.2, -0.15) is 0 Å². The minimum Gasteiger partial charge on any atom is -0.379 e. The topological polar surface area (TPSA) is 79.1 Å². The molecule has 1 fully saturated rings. The Balaban J connectivity index is 0.00000289. The molecule has 0 radical (unpaired) electrons. The molecule has 9 heteroatoms. The van der Waals surface area contributed by atoms with Crippen LogP contribution in [-0.4, -0.2) is 64.9 Å². The number of hydrogen-bond donors (Lipinski definition) is 2. The van der Waals surface area contributed by atoms with Crippen LogP contribution < -0.4 is 10.6 Å². The van der Waals surface area contributed by atoms with Crippen molar-refractivity contribution in [2.75, 3.05) is 39.4 Å². The van der Waals surface area contributed by atoms with Crippen molar-refractivity contribution in [3.63, 3.8) is 0 Å². The van der Waals surface area contributed by atoms with Gasteiger partial charge >= 0.3 is 0 Å². The Bertz CT molecular complexity index is 1020. The lowest BCUT2D eigenvalue weighted by atomic mass is 10.0. The lowest BCUT2D eigenvalue weighted by Crippen LogP contribution is -2.46. The number of aromatic nitrogens is 3. The minimum atomic E-state index is 0.